The van der Waals surface area contributed by atoms with E-state index in [0.717, 1.165) is 30.0 Å². The highest BCUT2D eigenvalue weighted by molar-refractivity contribution is 6.00. The molecule has 0 aliphatic carbocycles. The van der Waals surface area contributed by atoms with Crippen LogP contribution in [0.1, 0.15) is 45.7 Å². The molecular weight excluding hydrogens is 336 g/mol. The van der Waals surface area contributed by atoms with Crippen molar-refractivity contribution in [2.75, 3.05) is 5.32 Å². The summed E-state index contributed by atoms with van der Waals surface area (Å²) in [6.45, 7) is 5.33. The Balaban J connectivity index is 1.53. The lowest BCUT2D eigenvalue weighted by Gasteiger charge is -2.12. The van der Waals surface area contributed by atoms with Crippen molar-refractivity contribution in [3.63, 3.8) is 0 Å². The summed E-state index contributed by atoms with van der Waals surface area (Å²) in [5.41, 5.74) is 5.01. The maximum Gasteiger partial charge on any atom is 0.257 e. The lowest BCUT2D eigenvalue weighted by atomic mass is 10.1. The largest absolute Gasteiger partial charge is 0.361 e. The van der Waals surface area contributed by atoms with Gasteiger partial charge in [-0.3, -0.25) is 4.79 Å². The highest BCUT2D eigenvalue weighted by Gasteiger charge is 2.30. The van der Waals surface area contributed by atoms with Crippen LogP contribution in [0.5, 0.6) is 0 Å². The van der Waals surface area contributed by atoms with Gasteiger partial charge in [0.2, 0.25) is 0 Å². The smallest absolute Gasteiger partial charge is 0.257 e. The van der Waals surface area contributed by atoms with Crippen molar-refractivity contribution >= 4 is 11.7 Å². The number of nitrogens with zero attached hydrogens (tertiary/aromatic N) is 2. The van der Waals surface area contributed by atoms with Gasteiger partial charge in [0.05, 0.1) is 18.3 Å². The lowest BCUT2D eigenvalue weighted by molar-refractivity contribution is 0.0951. The number of anilines is 1. The van der Waals surface area contributed by atoms with Crippen molar-refractivity contribution in [3.05, 3.63) is 82.5 Å². The number of nitrogens with one attached hydrogen (secondary N) is 2. The van der Waals surface area contributed by atoms with E-state index in [0.29, 0.717) is 12.1 Å². The summed E-state index contributed by atoms with van der Waals surface area (Å²) >= 11 is 0. The first-order chi connectivity index (χ1) is 13.2. The Labute approximate surface area is 159 Å². The fourth-order valence-electron chi connectivity index (χ4n) is 3.51. The molecular formula is C22H24N4O. The molecule has 1 aliphatic heterocycles. The highest BCUT2D eigenvalue weighted by Crippen LogP contribution is 2.33. The fraction of sp³-hybridized carbons (Fsp3) is 0.273. The van der Waals surface area contributed by atoms with Crippen LogP contribution in [0, 0.1) is 6.92 Å². The van der Waals surface area contributed by atoms with Crippen LogP contribution in [0.4, 0.5) is 5.82 Å². The van der Waals surface area contributed by atoms with Gasteiger partial charge in [0, 0.05) is 6.54 Å². The number of hydrogen-bond acceptors (Lipinski definition) is 3. The molecule has 5 heteroatoms. The Kier molecular flexibility index (Phi) is 4.67. The second kappa shape index (κ2) is 7.27. The van der Waals surface area contributed by atoms with E-state index in [9.17, 15) is 4.79 Å². The van der Waals surface area contributed by atoms with Gasteiger partial charge in [0.15, 0.2) is 0 Å². The third-order valence-corrected chi connectivity index (χ3v) is 5.03. The molecule has 0 fully saturated rings. The SMILES string of the molecule is CCc1nn2c(c1C(=O)NCc1ccc(C)cc1)N[C@@H](c1ccccc1)C2. The molecule has 0 spiro atoms. The topological polar surface area (TPSA) is 59.0 Å². The van der Waals surface area contributed by atoms with Crippen LogP contribution in [0.3, 0.4) is 0 Å². The Hall–Kier alpha value is -3.08. The maximum absolute atomic E-state index is 12.9. The fourth-order valence-corrected chi connectivity index (χ4v) is 3.51. The Morgan fingerprint density at radius 1 is 1.19 bits per heavy atom. The molecule has 27 heavy (non-hydrogen) atoms. The first kappa shape index (κ1) is 17.3. The van der Waals surface area contributed by atoms with Gasteiger partial charge in [-0.1, -0.05) is 67.1 Å². The van der Waals surface area contributed by atoms with Gasteiger partial charge in [-0.2, -0.15) is 5.10 Å². The van der Waals surface area contributed by atoms with Gasteiger partial charge in [-0.15, -0.1) is 0 Å². The quantitative estimate of drug-likeness (QED) is 0.727. The van der Waals surface area contributed by atoms with Crippen molar-refractivity contribution in [2.45, 2.75) is 39.4 Å². The molecule has 4 rings (SSSR count). The van der Waals surface area contributed by atoms with Gasteiger partial charge in [0.1, 0.15) is 11.4 Å². The predicted octanol–water partition coefficient (Wildman–Crippen LogP) is 3.85. The zero-order chi connectivity index (χ0) is 18.8. The van der Waals surface area contributed by atoms with Crippen LogP contribution >= 0.6 is 0 Å². The van der Waals surface area contributed by atoms with Crippen LogP contribution in [0.2, 0.25) is 0 Å². The molecule has 138 valence electrons. The second-order valence-corrected chi connectivity index (χ2v) is 6.98. The first-order valence-corrected chi connectivity index (χ1v) is 9.40. The minimum atomic E-state index is -0.0742. The molecule has 0 saturated carbocycles. The predicted molar refractivity (Wildman–Crippen MR) is 107 cm³/mol. The van der Waals surface area contributed by atoms with Gasteiger partial charge >= 0.3 is 0 Å². The number of carbonyl (C=O) groups excluding carboxylic acids is 1. The van der Waals surface area contributed by atoms with E-state index < -0.39 is 0 Å². The average Bonchev–Trinajstić information content (AvgIpc) is 3.25. The van der Waals surface area contributed by atoms with Crippen molar-refractivity contribution in [3.8, 4) is 0 Å². The molecule has 2 aromatic carbocycles. The monoisotopic (exact) mass is 360 g/mol. The summed E-state index contributed by atoms with van der Waals surface area (Å²) in [4.78, 5) is 12.9. The summed E-state index contributed by atoms with van der Waals surface area (Å²) < 4.78 is 1.93. The van der Waals surface area contributed by atoms with E-state index in [1.807, 2.05) is 41.9 Å². The molecule has 2 N–H and O–H groups in total. The number of carbonyl (C=O) groups is 1. The molecule has 0 bridgehead atoms. The van der Waals surface area contributed by atoms with E-state index in [1.165, 1.54) is 11.1 Å². The Bertz CT molecular complexity index is 944. The number of amides is 1. The van der Waals surface area contributed by atoms with Crippen LogP contribution < -0.4 is 10.6 Å². The van der Waals surface area contributed by atoms with Gasteiger partial charge < -0.3 is 10.6 Å². The lowest BCUT2D eigenvalue weighted by Crippen LogP contribution is -2.24. The van der Waals surface area contributed by atoms with Gasteiger partial charge in [-0.25, -0.2) is 4.68 Å². The molecule has 5 nitrogen and oxygen atoms in total. The molecule has 1 aromatic heterocycles. The van der Waals surface area contributed by atoms with Gasteiger partial charge in [-0.05, 0) is 24.5 Å². The number of aromatic nitrogens is 2. The molecule has 1 atom stereocenters. The number of rotatable bonds is 5. The highest BCUT2D eigenvalue weighted by atomic mass is 16.1. The van der Waals surface area contributed by atoms with Crippen LogP contribution in [-0.2, 0) is 19.5 Å². The molecule has 0 saturated heterocycles. The second-order valence-electron chi connectivity index (χ2n) is 6.98. The Morgan fingerprint density at radius 3 is 2.63 bits per heavy atom. The zero-order valence-electron chi connectivity index (χ0n) is 15.7. The summed E-state index contributed by atoms with van der Waals surface area (Å²) in [5.74, 6) is 0.747. The van der Waals surface area contributed by atoms with Crippen molar-refractivity contribution < 1.29 is 4.79 Å². The Morgan fingerprint density at radius 2 is 1.93 bits per heavy atom. The van der Waals surface area contributed by atoms with E-state index in [1.54, 1.807) is 0 Å². The van der Waals surface area contributed by atoms with Crippen molar-refractivity contribution in [1.82, 2.24) is 15.1 Å². The summed E-state index contributed by atoms with van der Waals surface area (Å²) in [7, 11) is 0. The maximum atomic E-state index is 12.9. The first-order valence-electron chi connectivity index (χ1n) is 9.40. The van der Waals surface area contributed by atoms with Crippen molar-refractivity contribution in [2.24, 2.45) is 0 Å². The number of fused-ring (bicyclic) bond motifs is 1. The van der Waals surface area contributed by atoms with Crippen LogP contribution in [0.25, 0.3) is 0 Å². The van der Waals surface area contributed by atoms with Crippen molar-refractivity contribution in [1.29, 1.82) is 0 Å². The third-order valence-electron chi connectivity index (χ3n) is 5.03. The number of aryl methyl sites for hydroxylation is 2. The minimum Gasteiger partial charge on any atom is -0.361 e. The third kappa shape index (κ3) is 3.45. The van der Waals surface area contributed by atoms with Gasteiger partial charge in [0.25, 0.3) is 5.91 Å². The van der Waals surface area contributed by atoms with E-state index in [-0.39, 0.29) is 11.9 Å². The summed E-state index contributed by atoms with van der Waals surface area (Å²) in [6.07, 6.45) is 0.727. The standard InChI is InChI=1S/C22H24N4O/c1-3-18-20(22(27)23-13-16-11-9-15(2)10-12-16)21-24-19(14-26(21)25-18)17-7-5-4-6-8-17/h4-12,19,24H,3,13-14H2,1-2H3,(H,23,27)/t19-/m1/s1. The molecule has 1 amide bonds. The summed E-state index contributed by atoms with van der Waals surface area (Å²) in [6, 6.07) is 18.6. The van der Waals surface area contributed by atoms with E-state index >= 15 is 0 Å². The molecule has 2 heterocycles. The zero-order valence-corrected chi connectivity index (χ0v) is 15.7. The number of benzene rings is 2. The van der Waals surface area contributed by atoms with E-state index in [2.05, 4.69) is 46.9 Å². The molecule has 0 radical (unpaired) electrons. The van der Waals surface area contributed by atoms with E-state index in [4.69, 9.17) is 0 Å². The number of hydrogen-bond donors (Lipinski definition) is 2. The molecule has 0 unspecified atom stereocenters. The normalized spacial score (nSPS) is 15.3. The van der Waals surface area contributed by atoms with Crippen LogP contribution in [0.15, 0.2) is 54.6 Å². The minimum absolute atomic E-state index is 0.0742. The molecule has 3 aromatic rings. The van der Waals surface area contributed by atoms with Crippen LogP contribution in [-0.4, -0.2) is 15.7 Å². The molecule has 1 aliphatic rings. The average molecular weight is 360 g/mol. The summed E-state index contributed by atoms with van der Waals surface area (Å²) in [5, 5.41) is 11.2.